The van der Waals surface area contributed by atoms with Gasteiger partial charge >= 0.3 is 5.97 Å². The highest BCUT2D eigenvalue weighted by Gasteiger charge is 2.38. The topological polar surface area (TPSA) is 66.4 Å². The molecule has 1 amide bonds. The Morgan fingerprint density at radius 3 is 2.38 bits per heavy atom. The highest BCUT2D eigenvalue weighted by molar-refractivity contribution is 6.30. The molecule has 0 aliphatic heterocycles. The summed E-state index contributed by atoms with van der Waals surface area (Å²) in [6, 6.07) is 7.81. The molecule has 0 atom stereocenters. The van der Waals surface area contributed by atoms with Gasteiger partial charge in [-0.05, 0) is 37.0 Å². The van der Waals surface area contributed by atoms with Crippen molar-refractivity contribution in [2.24, 2.45) is 0 Å². The molecular weight excluding hydrogens is 290 g/mol. The van der Waals surface area contributed by atoms with Gasteiger partial charge < -0.3 is 10.4 Å². The largest absolute Gasteiger partial charge is 0.481 e. The predicted molar refractivity (Wildman–Crippen MR) is 81.5 cm³/mol. The van der Waals surface area contributed by atoms with E-state index in [4.69, 9.17) is 16.7 Å². The Balaban J connectivity index is 1.86. The fourth-order valence-corrected chi connectivity index (χ4v) is 2.86. The molecule has 1 aromatic carbocycles. The Labute approximate surface area is 129 Å². The first-order valence-electron chi connectivity index (χ1n) is 7.26. The van der Waals surface area contributed by atoms with Crippen LogP contribution in [0.5, 0.6) is 0 Å². The van der Waals surface area contributed by atoms with E-state index in [0.29, 0.717) is 18.0 Å². The van der Waals surface area contributed by atoms with Gasteiger partial charge in [-0.25, -0.2) is 0 Å². The van der Waals surface area contributed by atoms with Crippen molar-refractivity contribution in [3.05, 3.63) is 34.9 Å². The molecule has 0 saturated heterocycles. The average molecular weight is 310 g/mol. The van der Waals surface area contributed by atoms with E-state index in [-0.39, 0.29) is 24.2 Å². The molecule has 0 spiro atoms. The van der Waals surface area contributed by atoms with Crippen molar-refractivity contribution in [2.45, 2.75) is 43.9 Å². The number of aliphatic carboxylic acids is 1. The van der Waals surface area contributed by atoms with Crippen molar-refractivity contribution in [2.75, 3.05) is 6.54 Å². The normalized spacial score (nSPS) is 16.0. The first-order chi connectivity index (χ1) is 10.0. The van der Waals surface area contributed by atoms with Crippen molar-refractivity contribution in [1.29, 1.82) is 0 Å². The number of benzene rings is 1. The summed E-state index contributed by atoms with van der Waals surface area (Å²) in [6.07, 6.45) is 3.97. The molecule has 1 aliphatic carbocycles. The second-order valence-corrected chi connectivity index (χ2v) is 6.10. The summed E-state index contributed by atoms with van der Waals surface area (Å²) in [7, 11) is 0. The van der Waals surface area contributed by atoms with Crippen LogP contribution in [-0.2, 0) is 15.0 Å². The molecule has 1 aliphatic rings. The zero-order valence-corrected chi connectivity index (χ0v) is 12.7. The minimum absolute atomic E-state index is 0.0209. The summed E-state index contributed by atoms with van der Waals surface area (Å²) in [6.45, 7) is 0.612. The highest BCUT2D eigenvalue weighted by atomic mass is 35.5. The van der Waals surface area contributed by atoms with Crippen LogP contribution in [0.2, 0.25) is 5.02 Å². The SMILES string of the molecule is O=C(O)CCCC(=O)NCC1(c2ccc(Cl)cc2)CCC1. The van der Waals surface area contributed by atoms with Gasteiger partial charge in [-0.1, -0.05) is 30.2 Å². The summed E-state index contributed by atoms with van der Waals surface area (Å²) in [5.74, 6) is -0.934. The van der Waals surface area contributed by atoms with Gasteiger partial charge in [0.2, 0.25) is 5.91 Å². The van der Waals surface area contributed by atoms with Crippen LogP contribution >= 0.6 is 11.6 Å². The van der Waals surface area contributed by atoms with Crippen LogP contribution in [0.1, 0.15) is 44.1 Å². The first-order valence-corrected chi connectivity index (χ1v) is 7.64. The lowest BCUT2D eigenvalue weighted by molar-refractivity contribution is -0.137. The number of carbonyl (C=O) groups is 2. The molecule has 0 bridgehead atoms. The summed E-state index contributed by atoms with van der Waals surface area (Å²) < 4.78 is 0. The molecule has 2 rings (SSSR count). The van der Waals surface area contributed by atoms with Crippen molar-refractivity contribution in [3.8, 4) is 0 Å². The quantitative estimate of drug-likeness (QED) is 0.813. The van der Waals surface area contributed by atoms with Crippen molar-refractivity contribution < 1.29 is 14.7 Å². The molecule has 0 heterocycles. The van der Waals surface area contributed by atoms with E-state index in [1.165, 1.54) is 5.56 Å². The Morgan fingerprint density at radius 1 is 1.19 bits per heavy atom. The van der Waals surface area contributed by atoms with Crippen LogP contribution in [0.3, 0.4) is 0 Å². The number of carboxylic acids is 1. The van der Waals surface area contributed by atoms with Crippen molar-refractivity contribution in [1.82, 2.24) is 5.32 Å². The van der Waals surface area contributed by atoms with Gasteiger partial charge in [0.05, 0.1) is 0 Å². The van der Waals surface area contributed by atoms with Gasteiger partial charge in [0.1, 0.15) is 0 Å². The van der Waals surface area contributed by atoms with E-state index in [2.05, 4.69) is 5.32 Å². The lowest BCUT2D eigenvalue weighted by Crippen LogP contribution is -2.45. The van der Waals surface area contributed by atoms with Gasteiger partial charge in [0.15, 0.2) is 0 Å². The predicted octanol–water partition coefficient (Wildman–Crippen LogP) is 3.13. The van der Waals surface area contributed by atoms with Gasteiger partial charge in [-0.15, -0.1) is 0 Å². The molecule has 5 heteroatoms. The second kappa shape index (κ2) is 6.94. The second-order valence-electron chi connectivity index (χ2n) is 5.66. The molecule has 1 fully saturated rings. The molecule has 114 valence electrons. The van der Waals surface area contributed by atoms with Crippen LogP contribution in [0.4, 0.5) is 0 Å². The fraction of sp³-hybridized carbons (Fsp3) is 0.500. The van der Waals surface area contributed by atoms with Gasteiger partial charge in [0.25, 0.3) is 0 Å². The van der Waals surface area contributed by atoms with Crippen LogP contribution in [0, 0.1) is 0 Å². The minimum Gasteiger partial charge on any atom is -0.481 e. The van der Waals surface area contributed by atoms with E-state index in [1.54, 1.807) is 0 Å². The van der Waals surface area contributed by atoms with Crippen LogP contribution < -0.4 is 5.32 Å². The van der Waals surface area contributed by atoms with E-state index < -0.39 is 5.97 Å². The Hall–Kier alpha value is -1.55. The summed E-state index contributed by atoms with van der Waals surface area (Å²) in [5, 5.41) is 12.2. The lowest BCUT2D eigenvalue weighted by Gasteiger charge is -2.42. The molecule has 1 aromatic rings. The highest BCUT2D eigenvalue weighted by Crippen LogP contribution is 2.43. The third-order valence-electron chi connectivity index (χ3n) is 4.19. The van der Waals surface area contributed by atoms with E-state index >= 15 is 0 Å². The number of amides is 1. The van der Waals surface area contributed by atoms with E-state index in [1.807, 2.05) is 24.3 Å². The molecule has 4 nitrogen and oxygen atoms in total. The van der Waals surface area contributed by atoms with Crippen LogP contribution in [0.15, 0.2) is 24.3 Å². The number of hydrogen-bond acceptors (Lipinski definition) is 2. The summed E-state index contributed by atoms with van der Waals surface area (Å²) >= 11 is 5.92. The van der Waals surface area contributed by atoms with E-state index in [9.17, 15) is 9.59 Å². The van der Waals surface area contributed by atoms with E-state index in [0.717, 1.165) is 19.3 Å². The maximum absolute atomic E-state index is 11.8. The zero-order valence-electron chi connectivity index (χ0n) is 11.9. The van der Waals surface area contributed by atoms with Crippen LogP contribution in [-0.4, -0.2) is 23.5 Å². The molecule has 0 unspecified atom stereocenters. The Bertz CT molecular complexity index is 509. The number of nitrogens with one attached hydrogen (secondary N) is 1. The average Bonchev–Trinajstić information content (AvgIpc) is 2.39. The zero-order chi connectivity index (χ0) is 15.3. The Morgan fingerprint density at radius 2 is 1.86 bits per heavy atom. The molecular formula is C16H20ClNO3. The number of rotatable bonds is 7. The molecule has 0 aromatic heterocycles. The summed E-state index contributed by atoms with van der Waals surface area (Å²) in [5.41, 5.74) is 1.23. The first kappa shape index (κ1) is 15.8. The standard InChI is InChI=1S/C16H20ClNO3/c17-13-7-5-12(6-8-13)16(9-2-10-16)11-18-14(19)3-1-4-15(20)21/h5-8H,1-4,9-11H2,(H,18,19)(H,20,21). The van der Waals surface area contributed by atoms with Crippen LogP contribution in [0.25, 0.3) is 0 Å². The van der Waals surface area contributed by atoms with Gasteiger partial charge in [-0.3, -0.25) is 9.59 Å². The van der Waals surface area contributed by atoms with Gasteiger partial charge in [-0.2, -0.15) is 0 Å². The third-order valence-corrected chi connectivity index (χ3v) is 4.44. The Kier molecular flexibility index (Phi) is 5.23. The number of carboxylic acid groups (broad SMARTS) is 1. The summed E-state index contributed by atoms with van der Waals surface area (Å²) in [4.78, 5) is 22.2. The van der Waals surface area contributed by atoms with Crippen molar-refractivity contribution in [3.63, 3.8) is 0 Å². The smallest absolute Gasteiger partial charge is 0.303 e. The fourth-order valence-electron chi connectivity index (χ4n) is 2.73. The number of carbonyl (C=O) groups excluding carboxylic acids is 1. The maximum Gasteiger partial charge on any atom is 0.303 e. The molecule has 0 radical (unpaired) electrons. The number of hydrogen-bond donors (Lipinski definition) is 2. The molecule has 21 heavy (non-hydrogen) atoms. The number of halogens is 1. The molecule has 2 N–H and O–H groups in total. The maximum atomic E-state index is 11.8. The minimum atomic E-state index is -0.862. The van der Waals surface area contributed by atoms with Gasteiger partial charge in [0, 0.05) is 29.8 Å². The third kappa shape index (κ3) is 4.21. The monoisotopic (exact) mass is 309 g/mol. The van der Waals surface area contributed by atoms with Crippen molar-refractivity contribution >= 4 is 23.5 Å². The molecule has 1 saturated carbocycles. The lowest BCUT2D eigenvalue weighted by atomic mass is 9.64.